The van der Waals surface area contributed by atoms with Gasteiger partial charge in [0.15, 0.2) is 0 Å². The summed E-state index contributed by atoms with van der Waals surface area (Å²) in [6.45, 7) is 4.41. The summed E-state index contributed by atoms with van der Waals surface area (Å²) in [5.41, 5.74) is 15.3. The fourth-order valence-corrected chi connectivity index (χ4v) is 6.76. The maximum Gasteiger partial charge on any atom is 0.145 e. The van der Waals surface area contributed by atoms with Crippen LogP contribution in [0.25, 0.3) is 67.0 Å². The van der Waals surface area contributed by atoms with Gasteiger partial charge in [-0.2, -0.15) is 0 Å². The molecule has 8 rings (SSSR count). The molecule has 0 N–H and O–H groups in total. The molecule has 5 aromatic carbocycles. The summed E-state index contributed by atoms with van der Waals surface area (Å²) in [7, 11) is 0. The van der Waals surface area contributed by atoms with Gasteiger partial charge < -0.3 is 0 Å². The highest BCUT2D eigenvalue weighted by atomic mass is 15.1. The van der Waals surface area contributed by atoms with Crippen LogP contribution in [0.1, 0.15) is 29.5 Å². The van der Waals surface area contributed by atoms with E-state index in [9.17, 15) is 0 Å². The molecule has 3 nitrogen and oxygen atoms in total. The number of aryl methyl sites for hydroxylation is 2. The molecular formula is C42H33N3. The normalized spacial score (nSPS) is 13.2. The Bertz CT molecular complexity index is 2270. The second-order valence-corrected chi connectivity index (χ2v) is 11.8. The molecule has 45 heavy (non-hydrogen) atoms. The van der Waals surface area contributed by atoms with E-state index in [1.807, 2.05) is 0 Å². The molecule has 0 aliphatic heterocycles. The Kier molecular flexibility index (Phi) is 6.72. The summed E-state index contributed by atoms with van der Waals surface area (Å²) < 4.78 is 2.34. The van der Waals surface area contributed by atoms with Crippen LogP contribution >= 0.6 is 0 Å². The third-order valence-corrected chi connectivity index (χ3v) is 9.10. The Hall–Kier alpha value is -5.54. The minimum Gasteiger partial charge on any atom is -0.296 e. The van der Waals surface area contributed by atoms with Gasteiger partial charge in [0.05, 0.1) is 22.2 Å². The predicted octanol–water partition coefficient (Wildman–Crippen LogP) is 10.9. The van der Waals surface area contributed by atoms with E-state index in [0.717, 1.165) is 52.0 Å². The highest BCUT2D eigenvalue weighted by Crippen LogP contribution is 2.40. The summed E-state index contributed by atoms with van der Waals surface area (Å²) >= 11 is 0. The molecule has 0 radical (unpaired) electrons. The summed E-state index contributed by atoms with van der Waals surface area (Å²) in [5, 5.41) is 1.20. The molecule has 1 aliphatic carbocycles. The maximum absolute atomic E-state index is 5.23. The highest BCUT2D eigenvalue weighted by Gasteiger charge is 2.20. The Labute approximate surface area is 263 Å². The Morgan fingerprint density at radius 2 is 1.24 bits per heavy atom. The minimum atomic E-state index is 0.941. The molecule has 0 amide bonds. The minimum absolute atomic E-state index is 0.941. The molecule has 7 aromatic rings. The van der Waals surface area contributed by atoms with Gasteiger partial charge in [0.25, 0.3) is 0 Å². The van der Waals surface area contributed by atoms with Gasteiger partial charge in [-0.1, -0.05) is 115 Å². The van der Waals surface area contributed by atoms with Gasteiger partial charge in [-0.15, -0.1) is 0 Å². The molecular weight excluding hydrogens is 546 g/mol. The van der Waals surface area contributed by atoms with Crippen LogP contribution in [-0.2, 0) is 0 Å². The Balaban J connectivity index is 1.18. The van der Waals surface area contributed by atoms with Gasteiger partial charge in [0, 0.05) is 27.8 Å². The van der Waals surface area contributed by atoms with Crippen molar-refractivity contribution in [3.63, 3.8) is 0 Å². The van der Waals surface area contributed by atoms with Crippen molar-refractivity contribution in [3.05, 3.63) is 156 Å². The van der Waals surface area contributed by atoms with Crippen LogP contribution in [0.15, 0.2) is 140 Å². The van der Waals surface area contributed by atoms with Gasteiger partial charge in [0.1, 0.15) is 5.82 Å². The number of imidazole rings is 1. The van der Waals surface area contributed by atoms with E-state index in [4.69, 9.17) is 9.97 Å². The van der Waals surface area contributed by atoms with Gasteiger partial charge >= 0.3 is 0 Å². The average molecular weight is 580 g/mol. The first-order valence-corrected chi connectivity index (χ1v) is 15.6. The molecule has 2 heterocycles. The Morgan fingerprint density at radius 1 is 0.556 bits per heavy atom. The topological polar surface area (TPSA) is 30.7 Å². The number of allylic oxidation sites excluding steroid dienone is 4. The maximum atomic E-state index is 5.23. The zero-order valence-electron chi connectivity index (χ0n) is 25.5. The molecule has 216 valence electrons. The first-order valence-electron chi connectivity index (χ1n) is 15.6. The fourth-order valence-electron chi connectivity index (χ4n) is 6.76. The summed E-state index contributed by atoms with van der Waals surface area (Å²) in [6, 6.07) is 45.0. The monoisotopic (exact) mass is 579 g/mol. The number of hydrogen-bond acceptors (Lipinski definition) is 2. The molecule has 3 heteroatoms. The lowest BCUT2D eigenvalue weighted by molar-refractivity contribution is 0.971. The third kappa shape index (κ3) is 4.78. The van der Waals surface area contributed by atoms with Gasteiger partial charge in [-0.25, -0.2) is 9.97 Å². The van der Waals surface area contributed by atoms with E-state index in [1.54, 1.807) is 0 Å². The van der Waals surface area contributed by atoms with Crippen molar-refractivity contribution in [2.24, 2.45) is 0 Å². The molecule has 0 fully saturated rings. The molecule has 0 atom stereocenters. The Morgan fingerprint density at radius 3 is 2.02 bits per heavy atom. The van der Waals surface area contributed by atoms with Crippen LogP contribution in [0.3, 0.4) is 0 Å². The van der Waals surface area contributed by atoms with E-state index >= 15 is 0 Å². The van der Waals surface area contributed by atoms with Crippen LogP contribution in [0.5, 0.6) is 0 Å². The first kappa shape index (κ1) is 27.0. The van der Waals surface area contributed by atoms with Crippen LogP contribution in [0, 0.1) is 13.8 Å². The number of nitrogens with zero attached hydrogens (tertiary/aromatic N) is 3. The van der Waals surface area contributed by atoms with Crippen LogP contribution < -0.4 is 0 Å². The molecule has 0 unspecified atom stereocenters. The predicted molar refractivity (Wildman–Crippen MR) is 189 cm³/mol. The summed E-state index contributed by atoms with van der Waals surface area (Å²) in [6.07, 6.45) is 6.47. The van der Waals surface area contributed by atoms with Crippen molar-refractivity contribution in [2.45, 2.75) is 26.7 Å². The quantitative estimate of drug-likeness (QED) is 0.203. The number of rotatable bonds is 5. The van der Waals surface area contributed by atoms with E-state index < -0.39 is 0 Å². The molecule has 0 spiro atoms. The SMILES string of the molecule is Cc1ccccc1-c1c(-c2ccc(C3=CC=C(n4c(-c5ccccc5)nc5ccccc54)CC3)cc2)nc2ccccc2c1C. The number of pyridine rings is 1. The molecule has 2 aromatic heterocycles. The fraction of sp³-hybridized carbons (Fsp3) is 0.0952. The smallest absolute Gasteiger partial charge is 0.145 e. The highest BCUT2D eigenvalue weighted by molar-refractivity contribution is 5.96. The van der Waals surface area contributed by atoms with Crippen molar-refractivity contribution in [2.75, 3.05) is 0 Å². The molecule has 0 saturated carbocycles. The van der Waals surface area contributed by atoms with Crippen molar-refractivity contribution in [1.82, 2.24) is 14.5 Å². The number of aromatic nitrogens is 3. The van der Waals surface area contributed by atoms with Crippen LogP contribution in [0.4, 0.5) is 0 Å². The average Bonchev–Trinajstić information content (AvgIpc) is 3.49. The lowest BCUT2D eigenvalue weighted by atomic mass is 9.89. The van der Waals surface area contributed by atoms with Gasteiger partial charge in [0.2, 0.25) is 0 Å². The molecule has 1 aliphatic rings. The van der Waals surface area contributed by atoms with Gasteiger partial charge in [-0.3, -0.25) is 4.57 Å². The van der Waals surface area contributed by atoms with Crippen molar-refractivity contribution < 1.29 is 0 Å². The van der Waals surface area contributed by atoms with Crippen LogP contribution in [-0.4, -0.2) is 14.5 Å². The lowest BCUT2D eigenvalue weighted by Gasteiger charge is -2.19. The van der Waals surface area contributed by atoms with Crippen molar-refractivity contribution in [3.8, 4) is 33.8 Å². The van der Waals surface area contributed by atoms with Crippen molar-refractivity contribution in [1.29, 1.82) is 0 Å². The number of benzene rings is 5. The second-order valence-electron chi connectivity index (χ2n) is 11.8. The number of fused-ring (bicyclic) bond motifs is 2. The van der Waals surface area contributed by atoms with Crippen molar-refractivity contribution >= 4 is 33.2 Å². The second kappa shape index (κ2) is 11.2. The summed E-state index contributed by atoms with van der Waals surface area (Å²) in [5.74, 6) is 0.992. The zero-order valence-corrected chi connectivity index (χ0v) is 25.5. The largest absolute Gasteiger partial charge is 0.296 e. The van der Waals surface area contributed by atoms with E-state index in [0.29, 0.717) is 0 Å². The first-order chi connectivity index (χ1) is 22.2. The van der Waals surface area contributed by atoms with Crippen LogP contribution in [0.2, 0.25) is 0 Å². The zero-order chi connectivity index (χ0) is 30.3. The number of hydrogen-bond donors (Lipinski definition) is 0. The van der Waals surface area contributed by atoms with E-state index in [2.05, 4.69) is 158 Å². The summed E-state index contributed by atoms with van der Waals surface area (Å²) in [4.78, 5) is 10.3. The van der Waals surface area contributed by atoms with E-state index in [1.165, 1.54) is 44.5 Å². The third-order valence-electron chi connectivity index (χ3n) is 9.10. The molecule has 0 bridgehead atoms. The lowest BCUT2D eigenvalue weighted by Crippen LogP contribution is -2.03. The molecule has 0 saturated heterocycles. The van der Waals surface area contributed by atoms with E-state index in [-0.39, 0.29) is 0 Å². The van der Waals surface area contributed by atoms with Gasteiger partial charge in [-0.05, 0) is 78.8 Å². The standard InChI is InChI=1S/C42H33N3/c1-28-12-6-7-15-35(28)40-29(2)36-16-8-9-17-37(36)43-41(40)32-22-20-30(21-23-32)31-24-26-34(27-25-31)45-39-19-11-10-18-38(39)44-42(45)33-13-4-3-5-14-33/h3-24,26H,25,27H2,1-2H3. The number of para-hydroxylation sites is 3.